The molecule has 0 bridgehead atoms. The Morgan fingerprint density at radius 1 is 1.09 bits per heavy atom. The molecule has 0 aliphatic rings. The lowest BCUT2D eigenvalue weighted by Gasteiger charge is -2.17. The molecule has 0 aromatic heterocycles. The van der Waals surface area contributed by atoms with Gasteiger partial charge < -0.3 is 10.2 Å². The van der Waals surface area contributed by atoms with Crippen molar-refractivity contribution in [3.05, 3.63) is 48.0 Å². The monoisotopic (exact) mass is 318 g/mol. The third-order valence-corrected chi connectivity index (χ3v) is 4.19. The smallest absolute Gasteiger partial charge is 0.0721 e. The number of benzene rings is 1. The van der Waals surface area contributed by atoms with Crippen molar-refractivity contribution >= 4 is 0 Å². The van der Waals surface area contributed by atoms with E-state index in [1.54, 1.807) is 0 Å². The fraction of sp³-hybridized carbons (Fsp3) is 0.619. The van der Waals surface area contributed by atoms with Gasteiger partial charge in [-0.3, -0.25) is 0 Å². The summed E-state index contributed by atoms with van der Waals surface area (Å²) < 4.78 is 0. The van der Waals surface area contributed by atoms with Crippen LogP contribution < -0.4 is 0 Å². The summed E-state index contributed by atoms with van der Waals surface area (Å²) in [6.45, 7) is 5.96. The van der Waals surface area contributed by atoms with E-state index < -0.39 is 5.60 Å². The number of allylic oxidation sites excluding steroid dienone is 1. The Kier molecular flexibility index (Phi) is 9.20. The van der Waals surface area contributed by atoms with E-state index in [1.807, 2.05) is 26.0 Å². The second-order valence-corrected chi connectivity index (χ2v) is 7.42. The van der Waals surface area contributed by atoms with Gasteiger partial charge in [0, 0.05) is 0 Å². The normalized spacial score (nSPS) is 15.0. The summed E-state index contributed by atoms with van der Waals surface area (Å²) in [7, 11) is 0. The van der Waals surface area contributed by atoms with Crippen LogP contribution in [-0.2, 0) is 6.42 Å². The fourth-order valence-corrected chi connectivity index (χ4v) is 2.73. The van der Waals surface area contributed by atoms with Gasteiger partial charge in [0.1, 0.15) is 0 Å². The summed E-state index contributed by atoms with van der Waals surface area (Å²) >= 11 is 0. The number of aliphatic hydroxyl groups is 2. The zero-order valence-corrected chi connectivity index (χ0v) is 15.0. The van der Waals surface area contributed by atoms with Gasteiger partial charge in [-0.25, -0.2) is 0 Å². The van der Waals surface area contributed by atoms with Crippen molar-refractivity contribution < 1.29 is 10.2 Å². The highest BCUT2D eigenvalue weighted by molar-refractivity contribution is 5.14. The molecule has 2 heteroatoms. The number of hydrogen-bond donors (Lipinski definition) is 2. The third kappa shape index (κ3) is 11.1. The first-order valence-corrected chi connectivity index (χ1v) is 8.98. The van der Waals surface area contributed by atoms with Crippen molar-refractivity contribution in [2.75, 3.05) is 0 Å². The van der Waals surface area contributed by atoms with Gasteiger partial charge in [0.2, 0.25) is 0 Å². The van der Waals surface area contributed by atoms with Gasteiger partial charge in [-0.15, -0.1) is 0 Å². The Labute approximate surface area is 142 Å². The summed E-state index contributed by atoms with van der Waals surface area (Å²) in [5, 5.41) is 19.7. The van der Waals surface area contributed by atoms with E-state index >= 15 is 0 Å². The van der Waals surface area contributed by atoms with E-state index in [-0.39, 0.29) is 6.10 Å². The van der Waals surface area contributed by atoms with Crippen LogP contribution in [0, 0.1) is 5.92 Å². The van der Waals surface area contributed by atoms with Gasteiger partial charge in [0.25, 0.3) is 0 Å². The predicted molar refractivity (Wildman–Crippen MR) is 98.5 cm³/mol. The molecule has 1 rings (SSSR count). The number of rotatable bonds is 11. The molecule has 2 nitrogen and oxygen atoms in total. The predicted octanol–water partition coefficient (Wildman–Crippen LogP) is 4.89. The molecule has 2 atom stereocenters. The Morgan fingerprint density at radius 2 is 1.78 bits per heavy atom. The minimum atomic E-state index is -0.551. The van der Waals surface area contributed by atoms with Crippen molar-refractivity contribution in [2.45, 2.75) is 77.4 Å². The topological polar surface area (TPSA) is 40.5 Å². The summed E-state index contributed by atoms with van der Waals surface area (Å²) in [4.78, 5) is 0. The molecule has 0 aliphatic heterocycles. The number of hydrogen-bond acceptors (Lipinski definition) is 2. The van der Waals surface area contributed by atoms with Gasteiger partial charge in [-0.2, -0.15) is 0 Å². The number of aryl methyl sites for hydroxylation is 1. The lowest BCUT2D eigenvalue weighted by atomic mass is 9.95. The molecule has 23 heavy (non-hydrogen) atoms. The largest absolute Gasteiger partial charge is 0.390 e. The highest BCUT2D eigenvalue weighted by Gasteiger charge is 2.12. The second-order valence-electron chi connectivity index (χ2n) is 7.42. The van der Waals surface area contributed by atoms with E-state index in [0.29, 0.717) is 5.92 Å². The summed E-state index contributed by atoms with van der Waals surface area (Å²) in [5.41, 5.74) is 0.786. The van der Waals surface area contributed by atoms with Crippen LogP contribution in [0.2, 0.25) is 0 Å². The van der Waals surface area contributed by atoms with Crippen molar-refractivity contribution in [1.29, 1.82) is 0 Å². The van der Waals surface area contributed by atoms with Crippen molar-refractivity contribution in [1.82, 2.24) is 0 Å². The van der Waals surface area contributed by atoms with Crippen LogP contribution >= 0.6 is 0 Å². The highest BCUT2D eigenvalue weighted by atomic mass is 16.3. The van der Waals surface area contributed by atoms with E-state index in [2.05, 4.69) is 37.3 Å². The molecule has 2 N–H and O–H groups in total. The van der Waals surface area contributed by atoms with Crippen LogP contribution in [0.3, 0.4) is 0 Å². The van der Waals surface area contributed by atoms with Gasteiger partial charge in [-0.1, -0.05) is 62.2 Å². The van der Waals surface area contributed by atoms with Gasteiger partial charge >= 0.3 is 0 Å². The van der Waals surface area contributed by atoms with Crippen LogP contribution in [0.15, 0.2) is 42.5 Å². The zero-order chi connectivity index (χ0) is 17.1. The van der Waals surface area contributed by atoms with Crippen LogP contribution in [0.4, 0.5) is 0 Å². The summed E-state index contributed by atoms with van der Waals surface area (Å²) in [6.07, 6.45) is 10.6. The molecule has 0 saturated heterocycles. The minimum absolute atomic E-state index is 0.331. The summed E-state index contributed by atoms with van der Waals surface area (Å²) in [6, 6.07) is 10.4. The Bertz CT molecular complexity index is 431. The minimum Gasteiger partial charge on any atom is -0.390 e. The molecule has 0 radical (unpaired) electrons. The third-order valence-electron chi connectivity index (χ3n) is 4.19. The maximum absolute atomic E-state index is 10.0. The van der Waals surface area contributed by atoms with Gasteiger partial charge in [-0.05, 0) is 57.4 Å². The molecule has 130 valence electrons. The quantitative estimate of drug-likeness (QED) is 0.570. The van der Waals surface area contributed by atoms with Crippen molar-refractivity contribution in [2.24, 2.45) is 5.92 Å². The second kappa shape index (κ2) is 10.6. The molecular formula is C21H34O2. The molecular weight excluding hydrogens is 284 g/mol. The molecule has 0 amide bonds. The lowest BCUT2D eigenvalue weighted by molar-refractivity contribution is 0.0670. The van der Waals surface area contributed by atoms with Gasteiger partial charge in [0.05, 0.1) is 11.7 Å². The molecule has 0 spiro atoms. The number of aliphatic hydroxyl groups excluding tert-OH is 1. The average molecular weight is 319 g/mol. The van der Waals surface area contributed by atoms with Gasteiger partial charge in [0.15, 0.2) is 0 Å². The van der Waals surface area contributed by atoms with Crippen LogP contribution in [-0.4, -0.2) is 21.9 Å². The molecule has 0 heterocycles. The Hall–Kier alpha value is -1.12. The first-order valence-electron chi connectivity index (χ1n) is 8.98. The molecule has 0 aliphatic carbocycles. The van der Waals surface area contributed by atoms with Crippen LogP contribution in [0.25, 0.3) is 0 Å². The molecule has 0 fully saturated rings. The standard InChI is InChI=1S/C21H34O2/c1-18(11-9-17-21(2,3)23)10-7-15-20(22)16-8-14-19-12-5-4-6-13-19/h4-7,12-13,15,18,20,22-23H,8-11,14,16-17H2,1-3H3/t18-,20?/m0/s1. The first kappa shape index (κ1) is 19.9. The van der Waals surface area contributed by atoms with Crippen molar-refractivity contribution in [3.8, 4) is 0 Å². The average Bonchev–Trinajstić information content (AvgIpc) is 2.47. The highest BCUT2D eigenvalue weighted by Crippen LogP contribution is 2.18. The Balaban J connectivity index is 2.11. The molecule has 1 aromatic rings. The molecule has 1 unspecified atom stereocenters. The molecule has 0 saturated carbocycles. The van der Waals surface area contributed by atoms with E-state index in [0.717, 1.165) is 44.9 Å². The van der Waals surface area contributed by atoms with Crippen molar-refractivity contribution in [3.63, 3.8) is 0 Å². The van der Waals surface area contributed by atoms with E-state index in [4.69, 9.17) is 0 Å². The lowest BCUT2D eigenvalue weighted by Crippen LogP contribution is -2.18. The maximum atomic E-state index is 10.0. The van der Waals surface area contributed by atoms with Crippen LogP contribution in [0.5, 0.6) is 0 Å². The Morgan fingerprint density at radius 3 is 2.43 bits per heavy atom. The SMILES string of the molecule is C[C@@H](CC=CC(O)CCCc1ccccc1)CCCC(C)(C)O. The van der Waals surface area contributed by atoms with E-state index in [1.165, 1.54) is 5.56 Å². The summed E-state index contributed by atoms with van der Waals surface area (Å²) in [5.74, 6) is 0.602. The molecule has 1 aromatic carbocycles. The fourth-order valence-electron chi connectivity index (χ4n) is 2.73. The first-order chi connectivity index (χ1) is 10.9. The van der Waals surface area contributed by atoms with Crippen LogP contribution in [0.1, 0.15) is 64.9 Å². The zero-order valence-electron chi connectivity index (χ0n) is 15.0. The maximum Gasteiger partial charge on any atom is 0.0721 e. The van der Waals surface area contributed by atoms with E-state index in [9.17, 15) is 10.2 Å².